The van der Waals surface area contributed by atoms with E-state index >= 15 is 0 Å². The van der Waals surface area contributed by atoms with E-state index in [1.54, 1.807) is 29.7 Å². The average Bonchev–Trinajstić information content (AvgIpc) is 3.29. The summed E-state index contributed by atoms with van der Waals surface area (Å²) in [6.45, 7) is 2.91. The van der Waals surface area contributed by atoms with E-state index in [1.165, 1.54) is 31.4 Å². The molecule has 4 rings (SSSR count). The Kier molecular flexibility index (Phi) is 6.27. The predicted octanol–water partition coefficient (Wildman–Crippen LogP) is 4.83. The van der Waals surface area contributed by atoms with Gasteiger partial charge in [-0.15, -0.1) is 0 Å². The highest BCUT2D eigenvalue weighted by atomic mass is 32.1. The van der Waals surface area contributed by atoms with Gasteiger partial charge < -0.3 is 10.2 Å². The van der Waals surface area contributed by atoms with Crippen LogP contribution >= 0.6 is 11.3 Å². The first-order chi connectivity index (χ1) is 14.2. The SMILES string of the molecule is O=C(CCN1CCCCC1)Nc1cnc(-c2ccc(F)cc2)c(-c2ccsc2)n1. The third-order valence-corrected chi connectivity index (χ3v) is 5.74. The van der Waals surface area contributed by atoms with Crippen molar-refractivity contribution in [3.63, 3.8) is 0 Å². The second kappa shape index (κ2) is 9.24. The lowest BCUT2D eigenvalue weighted by Gasteiger charge is -2.25. The number of benzene rings is 1. The van der Waals surface area contributed by atoms with Gasteiger partial charge in [-0.1, -0.05) is 6.42 Å². The number of rotatable bonds is 6. The minimum absolute atomic E-state index is 0.0596. The molecule has 2 aromatic heterocycles. The number of carbonyl (C=O) groups excluding carboxylic acids is 1. The number of carbonyl (C=O) groups is 1. The number of hydrogen-bond donors (Lipinski definition) is 1. The molecule has 1 amide bonds. The maximum Gasteiger partial charge on any atom is 0.226 e. The highest BCUT2D eigenvalue weighted by molar-refractivity contribution is 7.08. The summed E-state index contributed by atoms with van der Waals surface area (Å²) >= 11 is 1.56. The fourth-order valence-electron chi connectivity index (χ4n) is 3.52. The molecular formula is C22H23FN4OS. The molecule has 1 aromatic carbocycles. The molecule has 5 nitrogen and oxygen atoms in total. The van der Waals surface area contributed by atoms with Crippen molar-refractivity contribution in [2.75, 3.05) is 25.0 Å². The molecule has 0 unspecified atom stereocenters. The highest BCUT2D eigenvalue weighted by Gasteiger charge is 2.15. The average molecular weight is 411 g/mol. The normalized spacial score (nSPS) is 14.7. The molecule has 7 heteroatoms. The van der Waals surface area contributed by atoms with Crippen LogP contribution in [0.15, 0.2) is 47.3 Å². The van der Waals surface area contributed by atoms with Crippen LogP contribution in [-0.4, -0.2) is 40.4 Å². The van der Waals surface area contributed by atoms with Crippen LogP contribution in [0.4, 0.5) is 10.2 Å². The van der Waals surface area contributed by atoms with Crippen LogP contribution in [0.2, 0.25) is 0 Å². The number of hydrogen-bond acceptors (Lipinski definition) is 5. The molecule has 0 saturated carbocycles. The number of aromatic nitrogens is 2. The zero-order valence-electron chi connectivity index (χ0n) is 16.1. The van der Waals surface area contributed by atoms with Crippen molar-refractivity contribution >= 4 is 23.1 Å². The molecule has 150 valence electrons. The van der Waals surface area contributed by atoms with E-state index in [0.29, 0.717) is 23.6 Å². The predicted molar refractivity (Wildman–Crippen MR) is 114 cm³/mol. The van der Waals surface area contributed by atoms with E-state index in [1.807, 2.05) is 16.8 Å². The van der Waals surface area contributed by atoms with E-state index < -0.39 is 0 Å². The van der Waals surface area contributed by atoms with Gasteiger partial charge in [-0.3, -0.25) is 9.78 Å². The van der Waals surface area contributed by atoms with Crippen molar-refractivity contribution in [3.8, 4) is 22.5 Å². The maximum atomic E-state index is 13.3. The lowest BCUT2D eigenvalue weighted by molar-refractivity contribution is -0.116. The van der Waals surface area contributed by atoms with E-state index in [0.717, 1.165) is 30.8 Å². The van der Waals surface area contributed by atoms with Crippen LogP contribution in [-0.2, 0) is 4.79 Å². The van der Waals surface area contributed by atoms with Crippen molar-refractivity contribution in [1.29, 1.82) is 0 Å². The van der Waals surface area contributed by atoms with Gasteiger partial charge in [-0.05, 0) is 61.6 Å². The second-order valence-corrected chi connectivity index (χ2v) is 7.95. The Balaban J connectivity index is 1.51. The summed E-state index contributed by atoms with van der Waals surface area (Å²) in [5, 5.41) is 6.83. The molecule has 3 aromatic rings. The van der Waals surface area contributed by atoms with Crippen LogP contribution in [0.3, 0.4) is 0 Å². The number of piperidine rings is 1. The zero-order valence-corrected chi connectivity index (χ0v) is 16.9. The summed E-state index contributed by atoms with van der Waals surface area (Å²) in [4.78, 5) is 23.9. The quantitative estimate of drug-likeness (QED) is 0.633. The number of halogens is 1. The zero-order chi connectivity index (χ0) is 20.1. The topological polar surface area (TPSA) is 58.1 Å². The largest absolute Gasteiger partial charge is 0.309 e. The van der Waals surface area contributed by atoms with Crippen LogP contribution < -0.4 is 5.32 Å². The summed E-state index contributed by atoms with van der Waals surface area (Å²) in [5.41, 5.74) is 3.04. The van der Waals surface area contributed by atoms with Crippen LogP contribution in [0.1, 0.15) is 25.7 Å². The Morgan fingerprint density at radius 2 is 1.86 bits per heavy atom. The summed E-state index contributed by atoms with van der Waals surface area (Å²) in [5.74, 6) is 0.0766. The van der Waals surface area contributed by atoms with Crippen molar-refractivity contribution in [2.45, 2.75) is 25.7 Å². The standard InChI is InChI=1S/C22H23FN4OS/c23-18-6-4-16(5-7-18)21-22(17-9-13-29-15-17)26-19(14-24-21)25-20(28)8-12-27-10-2-1-3-11-27/h4-7,9,13-15H,1-3,8,10-12H2,(H,25,26,28). The molecule has 1 aliphatic heterocycles. The summed E-state index contributed by atoms with van der Waals surface area (Å²) in [7, 11) is 0. The Labute approximate surface area is 173 Å². The first-order valence-electron chi connectivity index (χ1n) is 9.87. The van der Waals surface area contributed by atoms with E-state index in [4.69, 9.17) is 0 Å². The number of nitrogens with zero attached hydrogens (tertiary/aromatic N) is 3. The fourth-order valence-corrected chi connectivity index (χ4v) is 4.16. The number of amides is 1. The molecule has 0 radical (unpaired) electrons. The molecule has 3 heterocycles. The smallest absolute Gasteiger partial charge is 0.226 e. The van der Waals surface area contributed by atoms with Gasteiger partial charge in [-0.2, -0.15) is 11.3 Å². The molecular weight excluding hydrogens is 387 g/mol. The third kappa shape index (κ3) is 5.05. The number of anilines is 1. The van der Waals surface area contributed by atoms with E-state index in [9.17, 15) is 9.18 Å². The molecule has 0 aliphatic carbocycles. The van der Waals surface area contributed by atoms with Gasteiger partial charge in [0.25, 0.3) is 0 Å². The van der Waals surface area contributed by atoms with Gasteiger partial charge in [0.05, 0.1) is 17.6 Å². The van der Waals surface area contributed by atoms with Gasteiger partial charge in [0, 0.05) is 29.5 Å². The summed E-state index contributed by atoms with van der Waals surface area (Å²) in [6.07, 6.45) is 5.70. The molecule has 1 fully saturated rings. The Morgan fingerprint density at radius 3 is 2.59 bits per heavy atom. The highest BCUT2D eigenvalue weighted by Crippen LogP contribution is 2.31. The lowest BCUT2D eigenvalue weighted by Crippen LogP contribution is -2.32. The minimum atomic E-state index is -0.295. The van der Waals surface area contributed by atoms with Crippen LogP contribution in [0.25, 0.3) is 22.5 Å². The van der Waals surface area contributed by atoms with Gasteiger partial charge in [-0.25, -0.2) is 9.37 Å². The van der Waals surface area contributed by atoms with Crippen molar-refractivity contribution in [1.82, 2.24) is 14.9 Å². The maximum absolute atomic E-state index is 13.3. The van der Waals surface area contributed by atoms with Gasteiger partial charge in [0.2, 0.25) is 5.91 Å². The fraction of sp³-hybridized carbons (Fsp3) is 0.318. The number of nitrogens with one attached hydrogen (secondary N) is 1. The van der Waals surface area contributed by atoms with E-state index in [-0.39, 0.29) is 11.7 Å². The van der Waals surface area contributed by atoms with Crippen LogP contribution in [0, 0.1) is 5.82 Å². The summed E-state index contributed by atoms with van der Waals surface area (Å²) < 4.78 is 13.3. The third-order valence-electron chi connectivity index (χ3n) is 5.06. The van der Waals surface area contributed by atoms with Gasteiger partial charge >= 0.3 is 0 Å². The summed E-state index contributed by atoms with van der Waals surface area (Å²) in [6, 6.07) is 8.15. The van der Waals surface area contributed by atoms with Crippen LogP contribution in [0.5, 0.6) is 0 Å². The molecule has 0 spiro atoms. The van der Waals surface area contributed by atoms with Crippen molar-refractivity contribution in [3.05, 3.63) is 53.1 Å². The Bertz CT molecular complexity index is 953. The first-order valence-corrected chi connectivity index (χ1v) is 10.8. The molecule has 1 saturated heterocycles. The monoisotopic (exact) mass is 410 g/mol. The molecule has 0 bridgehead atoms. The number of likely N-dealkylation sites (tertiary alicyclic amines) is 1. The lowest BCUT2D eigenvalue weighted by atomic mass is 10.1. The minimum Gasteiger partial charge on any atom is -0.309 e. The molecule has 29 heavy (non-hydrogen) atoms. The Hall–Kier alpha value is -2.64. The van der Waals surface area contributed by atoms with Crippen molar-refractivity contribution in [2.24, 2.45) is 0 Å². The Morgan fingerprint density at radius 1 is 1.07 bits per heavy atom. The van der Waals surface area contributed by atoms with Gasteiger partial charge in [0.1, 0.15) is 5.82 Å². The van der Waals surface area contributed by atoms with E-state index in [2.05, 4.69) is 20.2 Å². The number of thiophene rings is 1. The second-order valence-electron chi connectivity index (χ2n) is 7.17. The molecule has 0 atom stereocenters. The first kappa shape index (κ1) is 19.7. The molecule has 1 aliphatic rings. The van der Waals surface area contributed by atoms with Gasteiger partial charge in [0.15, 0.2) is 5.82 Å². The van der Waals surface area contributed by atoms with Crippen molar-refractivity contribution < 1.29 is 9.18 Å². The molecule has 1 N–H and O–H groups in total.